The average molecular weight is 839 g/mol. The van der Waals surface area contributed by atoms with Crippen LogP contribution in [-0.4, -0.2) is 162 Å². The molecule has 2 fully saturated rings. The van der Waals surface area contributed by atoms with Gasteiger partial charge in [0.25, 0.3) is 5.91 Å². The number of aromatic nitrogens is 3. The van der Waals surface area contributed by atoms with E-state index in [9.17, 15) is 54.9 Å². The fourth-order valence-corrected chi connectivity index (χ4v) is 6.69. The first-order valence-corrected chi connectivity index (χ1v) is 19.3. The van der Waals surface area contributed by atoms with Gasteiger partial charge in [0.05, 0.1) is 31.6 Å². The highest BCUT2D eigenvalue weighted by atomic mass is 16.7. The molecule has 10 N–H and O–H groups in total. The maximum absolute atomic E-state index is 13.0. The Morgan fingerprint density at radius 2 is 1.50 bits per heavy atom. The first-order valence-electron chi connectivity index (χ1n) is 19.3. The number of hydrogen-bond donors (Lipinski definition) is 10. The van der Waals surface area contributed by atoms with Gasteiger partial charge in [0.2, 0.25) is 11.8 Å². The summed E-state index contributed by atoms with van der Waals surface area (Å²) >= 11 is 0. The summed E-state index contributed by atoms with van der Waals surface area (Å²) in [5.41, 5.74) is 1.64. The summed E-state index contributed by atoms with van der Waals surface area (Å²) in [6.45, 7) is -1.25. The number of benzene rings is 2. The van der Waals surface area contributed by atoms with Crippen LogP contribution in [0, 0.1) is 12.3 Å². The van der Waals surface area contributed by atoms with Gasteiger partial charge in [-0.1, -0.05) is 53.6 Å². The van der Waals surface area contributed by atoms with E-state index in [-0.39, 0.29) is 49.7 Å². The summed E-state index contributed by atoms with van der Waals surface area (Å²) in [5.74, 6) is 0.839. The predicted octanol–water partition coefficient (Wildman–Crippen LogP) is -2.93. The quantitative estimate of drug-likeness (QED) is 0.0328. The lowest BCUT2D eigenvalue weighted by molar-refractivity contribution is -0.347. The summed E-state index contributed by atoms with van der Waals surface area (Å²) in [5, 5.41) is 87.9. The number of aliphatic hydroxyl groups excluding tert-OH is 7. The molecule has 3 amide bonds. The van der Waals surface area contributed by atoms with E-state index in [1.807, 2.05) is 6.07 Å². The van der Waals surface area contributed by atoms with E-state index in [4.69, 9.17) is 20.6 Å². The van der Waals surface area contributed by atoms with Gasteiger partial charge in [0.1, 0.15) is 54.9 Å². The van der Waals surface area contributed by atoms with Gasteiger partial charge in [-0.05, 0) is 31.4 Å². The number of aliphatic hydroxyl groups is 7. The largest absolute Gasteiger partial charge is 0.394 e. The maximum Gasteiger partial charge on any atom is 0.251 e. The van der Waals surface area contributed by atoms with Crippen LogP contribution in [0.3, 0.4) is 0 Å². The van der Waals surface area contributed by atoms with Crippen LogP contribution in [0.5, 0.6) is 0 Å². The average Bonchev–Trinajstić information content (AvgIpc) is 3.74. The third-order valence-electron chi connectivity index (χ3n) is 10.1. The number of nitrogens with zero attached hydrogens (tertiary/aromatic N) is 3. The Labute approximate surface area is 344 Å². The Kier molecular flexibility index (Phi) is 16.7. The lowest BCUT2D eigenvalue weighted by Crippen LogP contribution is -2.63. The summed E-state index contributed by atoms with van der Waals surface area (Å²) in [4.78, 5) is 51.2. The molecule has 0 radical (unpaired) electrons. The minimum atomic E-state index is -1.82. The second-order valence-electron chi connectivity index (χ2n) is 14.3. The van der Waals surface area contributed by atoms with Gasteiger partial charge in [0.15, 0.2) is 18.3 Å². The molecule has 3 heterocycles. The van der Waals surface area contributed by atoms with E-state index in [1.54, 1.807) is 48.5 Å². The minimum absolute atomic E-state index is 0.0373. The topological polar surface area (TPSA) is 304 Å². The highest BCUT2D eigenvalue weighted by Crippen LogP contribution is 2.32. The number of nitrogens with one attached hydrogen (secondary N) is 3. The van der Waals surface area contributed by atoms with Crippen LogP contribution >= 0.6 is 0 Å². The van der Waals surface area contributed by atoms with Crippen molar-refractivity contribution >= 4 is 23.5 Å². The van der Waals surface area contributed by atoms with Crippen LogP contribution in [0.2, 0.25) is 0 Å². The molecule has 1 aromatic heterocycles. The normalized spacial score (nSPS) is 27.0. The van der Waals surface area contributed by atoms with Gasteiger partial charge in [-0.3, -0.25) is 19.2 Å². The fraction of sp³-hybridized carbons (Fsp3) is 0.500. The monoisotopic (exact) mass is 838 g/mol. The molecular formula is C40H50N6O14. The van der Waals surface area contributed by atoms with Gasteiger partial charge in [0, 0.05) is 36.1 Å². The molecule has 0 bridgehead atoms. The minimum Gasteiger partial charge on any atom is -0.394 e. The Bertz CT molecular complexity index is 1920. The Balaban J connectivity index is 1.08. The highest BCUT2D eigenvalue weighted by Gasteiger charge is 2.51. The summed E-state index contributed by atoms with van der Waals surface area (Å²) < 4.78 is 17.7. The van der Waals surface area contributed by atoms with E-state index in [0.29, 0.717) is 29.5 Å². The van der Waals surface area contributed by atoms with Crippen molar-refractivity contribution in [2.75, 3.05) is 26.3 Å². The molecule has 11 atom stereocenters. The van der Waals surface area contributed by atoms with Crippen molar-refractivity contribution < 1.29 is 69.1 Å². The van der Waals surface area contributed by atoms with Crippen LogP contribution in [0.25, 0.3) is 0 Å². The van der Waals surface area contributed by atoms with E-state index in [2.05, 4.69) is 32.2 Å². The van der Waals surface area contributed by atoms with Gasteiger partial charge in [-0.15, -0.1) is 11.5 Å². The molecule has 20 heteroatoms. The highest BCUT2D eigenvalue weighted by molar-refractivity contribution is 6.09. The Hall–Kier alpha value is -5.18. The molecule has 2 aliphatic heterocycles. The van der Waals surface area contributed by atoms with Gasteiger partial charge in [-0.2, -0.15) is 0 Å². The summed E-state index contributed by atoms with van der Waals surface area (Å²) in [6, 6.07) is 14.2. The standard InChI is InChI=1S/C40H50N6O14/c1-2-17-41-38(57)26(10-6-7-18-42-37(56)24-13-11-23(12-14-24)30(50)22-8-4-3-5-9-22)43-29(49)16-15-25-19-46(45-44-25)39-34(54)33(53)36(28(21-48)58-39)60-40-35(55)32(52)31(51)27(20-47)59-40/h1,3-5,8-9,11-14,19,26-28,31-36,39-40,47-48,51-55H,6-7,10,15-18,20-21H2,(H,41,57)(H,42,56)(H,43,49)/t26-,27+,28+,31-,32-,33+,34+,35+,36+,39+,40-/m0/s1. The smallest absolute Gasteiger partial charge is 0.251 e. The van der Waals surface area contributed by atoms with Crippen molar-refractivity contribution in [2.24, 2.45) is 0 Å². The van der Waals surface area contributed by atoms with E-state index in [0.717, 1.165) is 4.68 Å². The van der Waals surface area contributed by atoms with Crippen molar-refractivity contribution in [3.05, 3.63) is 83.2 Å². The molecular weight excluding hydrogens is 788 g/mol. The number of rotatable bonds is 19. The lowest BCUT2D eigenvalue weighted by atomic mass is 9.96. The van der Waals surface area contributed by atoms with Crippen molar-refractivity contribution in [1.82, 2.24) is 30.9 Å². The fourth-order valence-electron chi connectivity index (χ4n) is 6.69. The molecule has 3 aromatic rings. The predicted molar refractivity (Wildman–Crippen MR) is 206 cm³/mol. The van der Waals surface area contributed by atoms with Gasteiger partial charge >= 0.3 is 0 Å². The molecule has 5 rings (SSSR count). The second-order valence-corrected chi connectivity index (χ2v) is 14.3. The number of carbonyl (C=O) groups excluding carboxylic acids is 4. The van der Waals surface area contributed by atoms with Gasteiger partial charge < -0.3 is 65.9 Å². The molecule has 0 aliphatic carbocycles. The first kappa shape index (κ1) is 45.9. The van der Waals surface area contributed by atoms with E-state index < -0.39 is 92.4 Å². The van der Waals surface area contributed by atoms with Crippen molar-refractivity contribution in [1.29, 1.82) is 0 Å². The number of hydrogen-bond acceptors (Lipinski definition) is 16. The van der Waals surface area contributed by atoms with Gasteiger partial charge in [-0.25, -0.2) is 4.68 Å². The zero-order valence-corrected chi connectivity index (χ0v) is 32.4. The molecule has 0 saturated carbocycles. The zero-order valence-electron chi connectivity index (χ0n) is 32.4. The maximum atomic E-state index is 13.0. The third-order valence-corrected chi connectivity index (χ3v) is 10.1. The van der Waals surface area contributed by atoms with Crippen LogP contribution in [0.15, 0.2) is 60.8 Å². The summed E-state index contributed by atoms with van der Waals surface area (Å²) in [6.07, 6.45) is -8.27. The molecule has 20 nitrogen and oxygen atoms in total. The Morgan fingerprint density at radius 1 is 0.817 bits per heavy atom. The first-order chi connectivity index (χ1) is 28.9. The molecule has 2 aliphatic rings. The third kappa shape index (κ3) is 11.5. The van der Waals surface area contributed by atoms with Crippen LogP contribution < -0.4 is 16.0 Å². The second kappa shape index (κ2) is 21.9. The molecule has 2 aromatic carbocycles. The van der Waals surface area contributed by atoms with Crippen molar-refractivity contribution in [3.63, 3.8) is 0 Å². The zero-order chi connectivity index (χ0) is 43.3. The molecule has 0 spiro atoms. The number of ether oxygens (including phenoxy) is 3. The van der Waals surface area contributed by atoms with Crippen LogP contribution in [0.1, 0.15) is 63.9 Å². The van der Waals surface area contributed by atoms with E-state index in [1.165, 1.54) is 6.20 Å². The van der Waals surface area contributed by atoms with Crippen LogP contribution in [0.4, 0.5) is 0 Å². The molecule has 324 valence electrons. The van der Waals surface area contributed by atoms with Crippen molar-refractivity contribution in [2.45, 2.75) is 99.5 Å². The molecule has 2 saturated heterocycles. The molecule has 60 heavy (non-hydrogen) atoms. The number of ketones is 1. The number of amides is 3. The number of aryl methyl sites for hydroxylation is 1. The van der Waals surface area contributed by atoms with Crippen molar-refractivity contribution in [3.8, 4) is 12.3 Å². The number of unbranched alkanes of at least 4 members (excludes halogenated alkanes) is 1. The van der Waals surface area contributed by atoms with E-state index >= 15 is 0 Å². The Morgan fingerprint density at radius 3 is 2.18 bits per heavy atom. The van der Waals surface area contributed by atoms with Crippen LogP contribution in [-0.2, 0) is 30.2 Å². The SMILES string of the molecule is C#CCNC(=O)[C@H](CCCCNC(=O)c1ccc(C(=O)c2ccccc2)cc1)NC(=O)CCc1cn([C@@H]2O[C@H](CO)[C@@H](O[C@@H]3O[C@H](CO)[C@H](O)[C@H](O)[C@H]3O)[C@H](O)[C@H]2O)nn1. The number of terminal acetylenes is 1. The lowest BCUT2D eigenvalue weighted by Gasteiger charge is -2.45. The summed E-state index contributed by atoms with van der Waals surface area (Å²) in [7, 11) is 0. The number of carbonyl (C=O) groups is 4. The molecule has 0 unspecified atom stereocenters.